The van der Waals surface area contributed by atoms with Crippen molar-refractivity contribution in [2.45, 2.75) is 20.3 Å². The number of hydrogen-bond donors (Lipinski definition) is 1. The first-order chi connectivity index (χ1) is 5.72. The fourth-order valence-corrected chi connectivity index (χ4v) is 1.04. The Morgan fingerprint density at radius 2 is 2.17 bits per heavy atom. The van der Waals surface area contributed by atoms with Gasteiger partial charge in [0.15, 0.2) is 0 Å². The molecule has 66 valence electrons. The summed E-state index contributed by atoms with van der Waals surface area (Å²) >= 11 is 0. The third kappa shape index (κ3) is 2.49. The van der Waals surface area contributed by atoms with Gasteiger partial charge in [-0.25, -0.2) is 4.98 Å². The van der Waals surface area contributed by atoms with Crippen LogP contribution in [0.3, 0.4) is 0 Å². The maximum Gasteiger partial charge on any atom is 0.144 e. The predicted molar refractivity (Wildman–Crippen MR) is 50.1 cm³/mol. The van der Waals surface area contributed by atoms with Crippen molar-refractivity contribution in [2.75, 3.05) is 12.4 Å². The maximum absolute atomic E-state index is 4.36. The monoisotopic (exact) mass is 165 g/mol. The van der Waals surface area contributed by atoms with Crippen LogP contribution in [0.15, 0.2) is 12.4 Å². The van der Waals surface area contributed by atoms with E-state index in [2.05, 4.69) is 29.1 Å². The van der Waals surface area contributed by atoms with Gasteiger partial charge in [0.25, 0.3) is 0 Å². The van der Waals surface area contributed by atoms with Gasteiger partial charge in [-0.2, -0.15) is 0 Å². The zero-order chi connectivity index (χ0) is 8.97. The Kier molecular flexibility index (Phi) is 3.02. The van der Waals surface area contributed by atoms with Crippen LogP contribution in [0, 0.1) is 5.92 Å². The zero-order valence-corrected chi connectivity index (χ0v) is 7.83. The molecule has 0 bridgehead atoms. The van der Waals surface area contributed by atoms with Gasteiger partial charge >= 0.3 is 0 Å². The van der Waals surface area contributed by atoms with E-state index in [-0.39, 0.29) is 0 Å². The molecule has 1 N–H and O–H groups in total. The molecule has 0 saturated carbocycles. The largest absolute Gasteiger partial charge is 0.372 e. The number of nitrogens with one attached hydrogen (secondary N) is 1. The summed E-state index contributed by atoms with van der Waals surface area (Å²) in [5, 5.41) is 2.97. The highest BCUT2D eigenvalue weighted by molar-refractivity contribution is 5.30. The Morgan fingerprint density at radius 3 is 2.75 bits per heavy atom. The molecule has 1 aromatic rings. The molecule has 0 aromatic carbocycles. The Balaban J connectivity index is 2.72. The fraction of sp³-hybridized carbons (Fsp3) is 0.556. The highest BCUT2D eigenvalue weighted by atomic mass is 15.0. The van der Waals surface area contributed by atoms with E-state index in [0.29, 0.717) is 5.92 Å². The summed E-state index contributed by atoms with van der Waals surface area (Å²) in [5.74, 6) is 1.47. The van der Waals surface area contributed by atoms with Crippen LogP contribution in [0.25, 0.3) is 0 Å². The Hall–Kier alpha value is -1.12. The minimum absolute atomic E-state index is 0.631. The number of nitrogens with zero attached hydrogens (tertiary/aromatic N) is 2. The molecule has 0 saturated heterocycles. The lowest BCUT2D eigenvalue weighted by molar-refractivity contribution is 0.633. The zero-order valence-electron chi connectivity index (χ0n) is 7.83. The normalized spacial score (nSPS) is 10.3. The second kappa shape index (κ2) is 4.04. The average Bonchev–Trinajstić information content (AvgIpc) is 2.03. The summed E-state index contributed by atoms with van der Waals surface area (Å²) in [6, 6.07) is 0. The number of rotatable bonds is 3. The van der Waals surface area contributed by atoms with Gasteiger partial charge in [-0.3, -0.25) is 4.98 Å². The van der Waals surface area contributed by atoms with Crippen molar-refractivity contribution in [1.82, 2.24) is 9.97 Å². The fourth-order valence-electron chi connectivity index (χ4n) is 1.04. The molecule has 0 spiro atoms. The summed E-state index contributed by atoms with van der Waals surface area (Å²) < 4.78 is 0. The topological polar surface area (TPSA) is 37.8 Å². The van der Waals surface area contributed by atoms with Gasteiger partial charge in [-0.05, 0) is 12.3 Å². The molecule has 0 amide bonds. The summed E-state index contributed by atoms with van der Waals surface area (Å²) in [4.78, 5) is 8.44. The molecular formula is C9H15N3. The quantitative estimate of drug-likeness (QED) is 0.741. The molecule has 0 radical (unpaired) electrons. The van der Waals surface area contributed by atoms with Gasteiger partial charge in [-0.1, -0.05) is 13.8 Å². The van der Waals surface area contributed by atoms with E-state index in [1.165, 1.54) is 0 Å². The van der Waals surface area contributed by atoms with E-state index >= 15 is 0 Å². The van der Waals surface area contributed by atoms with Gasteiger partial charge in [0, 0.05) is 13.2 Å². The van der Waals surface area contributed by atoms with Crippen LogP contribution in [0.4, 0.5) is 5.82 Å². The van der Waals surface area contributed by atoms with Crippen molar-refractivity contribution in [2.24, 2.45) is 5.92 Å². The molecule has 0 unspecified atom stereocenters. The van der Waals surface area contributed by atoms with Crippen molar-refractivity contribution in [3.05, 3.63) is 18.1 Å². The molecule has 1 heterocycles. The molecule has 0 fully saturated rings. The highest BCUT2D eigenvalue weighted by Crippen LogP contribution is 2.06. The van der Waals surface area contributed by atoms with Crippen molar-refractivity contribution in [3.63, 3.8) is 0 Å². The van der Waals surface area contributed by atoms with Crippen LogP contribution >= 0.6 is 0 Å². The van der Waals surface area contributed by atoms with E-state index in [1.807, 2.05) is 13.2 Å². The predicted octanol–water partition coefficient (Wildman–Crippen LogP) is 1.72. The molecule has 0 aliphatic heterocycles. The molecule has 0 atom stereocenters. The maximum atomic E-state index is 4.36. The Morgan fingerprint density at radius 1 is 1.42 bits per heavy atom. The van der Waals surface area contributed by atoms with E-state index in [0.717, 1.165) is 17.9 Å². The standard InChI is InChI=1S/C9H15N3/c1-7(2)4-8-5-11-6-9(10-3)12-8/h5-7H,4H2,1-3H3,(H,10,12). The molecule has 0 aliphatic carbocycles. The van der Waals surface area contributed by atoms with Gasteiger partial charge < -0.3 is 5.32 Å². The van der Waals surface area contributed by atoms with Crippen LogP contribution in [-0.4, -0.2) is 17.0 Å². The first-order valence-electron chi connectivity index (χ1n) is 4.21. The second-order valence-electron chi connectivity index (χ2n) is 3.24. The minimum atomic E-state index is 0.631. The lowest BCUT2D eigenvalue weighted by Gasteiger charge is -2.04. The lowest BCUT2D eigenvalue weighted by Crippen LogP contribution is -2.01. The second-order valence-corrected chi connectivity index (χ2v) is 3.24. The van der Waals surface area contributed by atoms with Crippen molar-refractivity contribution >= 4 is 5.82 Å². The molecule has 0 aliphatic rings. The van der Waals surface area contributed by atoms with E-state index in [4.69, 9.17) is 0 Å². The van der Waals surface area contributed by atoms with Crippen LogP contribution in [-0.2, 0) is 6.42 Å². The molecule has 3 nitrogen and oxygen atoms in total. The van der Waals surface area contributed by atoms with Crippen molar-refractivity contribution < 1.29 is 0 Å². The molecular weight excluding hydrogens is 150 g/mol. The summed E-state index contributed by atoms with van der Waals surface area (Å²) in [6.45, 7) is 4.35. The van der Waals surface area contributed by atoms with Gasteiger partial charge in [0.1, 0.15) is 5.82 Å². The molecule has 1 aromatic heterocycles. The van der Waals surface area contributed by atoms with Crippen LogP contribution in [0.1, 0.15) is 19.5 Å². The third-order valence-corrected chi connectivity index (χ3v) is 1.56. The summed E-state index contributed by atoms with van der Waals surface area (Å²) in [7, 11) is 1.85. The Labute approximate surface area is 73.2 Å². The highest BCUT2D eigenvalue weighted by Gasteiger charge is 1.99. The summed E-state index contributed by atoms with van der Waals surface area (Å²) in [6.07, 6.45) is 4.53. The average molecular weight is 165 g/mol. The van der Waals surface area contributed by atoms with E-state index in [1.54, 1.807) is 6.20 Å². The van der Waals surface area contributed by atoms with Crippen molar-refractivity contribution in [1.29, 1.82) is 0 Å². The molecule has 3 heteroatoms. The van der Waals surface area contributed by atoms with Gasteiger partial charge in [0.05, 0.1) is 11.9 Å². The smallest absolute Gasteiger partial charge is 0.144 e. The first-order valence-corrected chi connectivity index (χ1v) is 4.21. The van der Waals surface area contributed by atoms with Gasteiger partial charge in [-0.15, -0.1) is 0 Å². The van der Waals surface area contributed by atoms with E-state index in [9.17, 15) is 0 Å². The van der Waals surface area contributed by atoms with E-state index < -0.39 is 0 Å². The third-order valence-electron chi connectivity index (χ3n) is 1.56. The van der Waals surface area contributed by atoms with Crippen LogP contribution < -0.4 is 5.32 Å². The molecule has 12 heavy (non-hydrogen) atoms. The van der Waals surface area contributed by atoms with Crippen LogP contribution in [0.5, 0.6) is 0 Å². The van der Waals surface area contributed by atoms with Crippen LogP contribution in [0.2, 0.25) is 0 Å². The first kappa shape index (κ1) is 8.97. The Bertz CT molecular complexity index is 245. The van der Waals surface area contributed by atoms with Crippen molar-refractivity contribution in [3.8, 4) is 0 Å². The SMILES string of the molecule is CNc1cncc(CC(C)C)n1. The lowest BCUT2D eigenvalue weighted by atomic mass is 10.1. The summed E-state index contributed by atoms with van der Waals surface area (Å²) in [5.41, 5.74) is 1.05. The van der Waals surface area contributed by atoms with Gasteiger partial charge in [0.2, 0.25) is 0 Å². The number of hydrogen-bond acceptors (Lipinski definition) is 3. The minimum Gasteiger partial charge on any atom is -0.372 e. The number of aromatic nitrogens is 2. The molecule has 1 rings (SSSR count). The number of anilines is 1.